The molecule has 7 aromatic rings. The average Bonchev–Trinajstić information content (AvgIpc) is 3.88. The van der Waals surface area contributed by atoms with E-state index in [0.29, 0.717) is 5.92 Å². The van der Waals surface area contributed by atoms with E-state index < -0.39 is 5.41 Å². The molecule has 1 aliphatic heterocycles. The number of thiophene rings is 1. The minimum atomic E-state index is -0.400. The smallest absolute Gasteiger partial charge is 0.0678 e. The fourth-order valence-electron chi connectivity index (χ4n) is 9.30. The highest BCUT2D eigenvalue weighted by atomic mass is 32.1. The zero-order valence-corrected chi connectivity index (χ0v) is 32.2. The van der Waals surface area contributed by atoms with Crippen molar-refractivity contribution in [3.05, 3.63) is 220 Å². The second-order valence-electron chi connectivity index (χ2n) is 14.5. The largest absolute Gasteiger partial charge is 0.379 e. The Morgan fingerprint density at radius 2 is 1.53 bits per heavy atom. The Morgan fingerprint density at radius 1 is 0.818 bits per heavy atom. The standard InChI is InChI=1S/C52H44N2S/c1-5-19-41-35(4)50(55-47(41)7-3)42(20-6-2)36-29-31-40(32-30-36)54-45-28-18-17-27-43(45)48-46(54)34-33-44-49(48)53-51(37-21-11-8-12-22-37)52(44,38-23-13-9-14-24-38)39-25-15-10-16-26-39/h5-21,23-34,37,51,53H,2-3,22H2,1,4H3/b19-5-,42-20-. The first-order chi connectivity index (χ1) is 27.1. The number of anilines is 1. The van der Waals surface area contributed by atoms with E-state index in [2.05, 4.69) is 201 Å². The molecule has 3 heterocycles. The third kappa shape index (κ3) is 5.45. The summed E-state index contributed by atoms with van der Waals surface area (Å²) in [6.07, 6.45) is 20.4. The normalized spacial score (nSPS) is 17.5. The van der Waals surface area contributed by atoms with Gasteiger partial charge in [0, 0.05) is 37.8 Å². The Morgan fingerprint density at radius 3 is 2.18 bits per heavy atom. The van der Waals surface area contributed by atoms with E-state index in [1.807, 2.05) is 12.2 Å². The molecule has 1 aliphatic carbocycles. The molecule has 0 bridgehead atoms. The maximum atomic E-state index is 4.25. The van der Waals surface area contributed by atoms with Crippen LogP contribution in [0.25, 0.3) is 45.2 Å². The van der Waals surface area contributed by atoms with Crippen molar-refractivity contribution < 1.29 is 0 Å². The van der Waals surface area contributed by atoms with Crippen molar-refractivity contribution in [3.8, 4) is 5.69 Å². The average molecular weight is 729 g/mol. The summed E-state index contributed by atoms with van der Waals surface area (Å²) in [6.45, 7) is 12.5. The van der Waals surface area contributed by atoms with Gasteiger partial charge in [0.2, 0.25) is 0 Å². The molecule has 1 N–H and O–H groups in total. The first kappa shape index (κ1) is 34.6. The molecule has 2 atom stereocenters. The molecule has 2 aliphatic rings. The maximum absolute atomic E-state index is 4.25. The first-order valence-corrected chi connectivity index (χ1v) is 20.0. The van der Waals surface area contributed by atoms with Gasteiger partial charge in [-0.3, -0.25) is 0 Å². The van der Waals surface area contributed by atoms with Crippen LogP contribution >= 0.6 is 11.3 Å². The van der Waals surface area contributed by atoms with Crippen LogP contribution in [0.2, 0.25) is 0 Å². The summed E-state index contributed by atoms with van der Waals surface area (Å²) in [7, 11) is 0. The minimum Gasteiger partial charge on any atom is -0.379 e. The van der Waals surface area contributed by atoms with Crippen molar-refractivity contribution in [2.45, 2.75) is 31.7 Å². The zero-order valence-electron chi connectivity index (χ0n) is 31.4. The number of benzene rings is 5. The fraction of sp³-hybridized carbons (Fsp3) is 0.115. The van der Waals surface area contributed by atoms with E-state index in [1.54, 1.807) is 11.3 Å². The van der Waals surface area contributed by atoms with Gasteiger partial charge in [-0.1, -0.05) is 165 Å². The molecule has 9 rings (SSSR count). The zero-order chi connectivity index (χ0) is 37.5. The number of para-hydroxylation sites is 1. The van der Waals surface area contributed by atoms with Crippen molar-refractivity contribution in [2.75, 3.05) is 5.32 Å². The van der Waals surface area contributed by atoms with Crippen LogP contribution in [0.4, 0.5) is 5.69 Å². The Hall–Kier alpha value is -6.16. The van der Waals surface area contributed by atoms with Crippen LogP contribution in [0.1, 0.15) is 56.5 Å². The van der Waals surface area contributed by atoms with Gasteiger partial charge in [0.1, 0.15) is 0 Å². The van der Waals surface area contributed by atoms with Gasteiger partial charge in [-0.05, 0) is 83.5 Å². The molecule has 0 saturated heterocycles. The van der Waals surface area contributed by atoms with Gasteiger partial charge in [0.25, 0.3) is 0 Å². The second kappa shape index (κ2) is 14.2. The number of aromatic nitrogens is 1. The molecule has 2 unspecified atom stereocenters. The molecule has 0 saturated carbocycles. The lowest BCUT2D eigenvalue weighted by Gasteiger charge is -2.40. The maximum Gasteiger partial charge on any atom is 0.0678 e. The number of nitrogens with one attached hydrogen (secondary N) is 1. The third-order valence-corrected chi connectivity index (χ3v) is 13.0. The van der Waals surface area contributed by atoms with E-state index in [1.165, 1.54) is 70.6 Å². The number of nitrogens with zero attached hydrogens (tertiary/aromatic N) is 1. The molecule has 0 fully saturated rings. The topological polar surface area (TPSA) is 17.0 Å². The number of allylic oxidation sites excluding steroid dienone is 6. The molecule has 268 valence electrons. The highest BCUT2D eigenvalue weighted by Crippen LogP contribution is 2.56. The Labute approximate surface area is 328 Å². The lowest BCUT2D eigenvalue weighted by molar-refractivity contribution is 0.429. The second-order valence-corrected chi connectivity index (χ2v) is 15.6. The van der Waals surface area contributed by atoms with Crippen molar-refractivity contribution in [1.29, 1.82) is 0 Å². The first-order valence-electron chi connectivity index (χ1n) is 19.2. The Balaban J connectivity index is 1.24. The predicted molar refractivity (Wildman–Crippen MR) is 238 cm³/mol. The lowest BCUT2D eigenvalue weighted by atomic mass is 9.63. The van der Waals surface area contributed by atoms with Crippen LogP contribution in [0.3, 0.4) is 0 Å². The number of hydrogen-bond acceptors (Lipinski definition) is 2. The molecule has 2 nitrogen and oxygen atoms in total. The summed E-state index contributed by atoms with van der Waals surface area (Å²) < 4.78 is 2.44. The molecular formula is C52H44N2S. The molecule has 55 heavy (non-hydrogen) atoms. The van der Waals surface area contributed by atoms with Gasteiger partial charge >= 0.3 is 0 Å². The summed E-state index contributed by atoms with van der Waals surface area (Å²) in [5.74, 6) is 0.301. The van der Waals surface area contributed by atoms with E-state index >= 15 is 0 Å². The van der Waals surface area contributed by atoms with E-state index in [9.17, 15) is 0 Å². The lowest BCUT2D eigenvalue weighted by Crippen LogP contribution is -2.45. The quantitative estimate of drug-likeness (QED) is 0.146. The summed E-state index contributed by atoms with van der Waals surface area (Å²) in [6, 6.07) is 45.1. The third-order valence-electron chi connectivity index (χ3n) is 11.6. The van der Waals surface area contributed by atoms with Gasteiger partial charge in [0.05, 0.1) is 22.5 Å². The summed E-state index contributed by atoms with van der Waals surface area (Å²) >= 11 is 1.79. The molecule has 0 spiro atoms. The highest BCUT2D eigenvalue weighted by molar-refractivity contribution is 7.14. The molecular weight excluding hydrogens is 685 g/mol. The molecule has 0 radical (unpaired) electrons. The highest BCUT2D eigenvalue weighted by Gasteiger charge is 2.52. The van der Waals surface area contributed by atoms with Crippen LogP contribution in [0, 0.1) is 12.8 Å². The summed E-state index contributed by atoms with van der Waals surface area (Å²) in [5.41, 5.74) is 13.1. The number of rotatable bonds is 9. The minimum absolute atomic E-state index is 0.103. The SMILES string of the molecule is C=C/C=C(/c1ccc(-n2c3ccccc3c3c4c(ccc32)C(c2ccccc2)(c2ccccc2)C(C2C=CC=CC2)N4)cc1)c1sc(C=C)c(/C=C\C)c1C. The van der Waals surface area contributed by atoms with Crippen LogP contribution in [0.15, 0.2) is 177 Å². The monoisotopic (exact) mass is 728 g/mol. The molecule has 3 heteroatoms. The van der Waals surface area contributed by atoms with Crippen molar-refractivity contribution in [2.24, 2.45) is 5.92 Å². The predicted octanol–water partition coefficient (Wildman–Crippen LogP) is 13.7. The van der Waals surface area contributed by atoms with Gasteiger partial charge in [-0.2, -0.15) is 0 Å². The van der Waals surface area contributed by atoms with Gasteiger partial charge in [-0.15, -0.1) is 11.3 Å². The van der Waals surface area contributed by atoms with Crippen molar-refractivity contribution in [3.63, 3.8) is 0 Å². The fourth-order valence-corrected chi connectivity index (χ4v) is 10.5. The van der Waals surface area contributed by atoms with Crippen LogP contribution in [-0.4, -0.2) is 10.6 Å². The molecule has 0 amide bonds. The van der Waals surface area contributed by atoms with Crippen molar-refractivity contribution in [1.82, 2.24) is 4.57 Å². The van der Waals surface area contributed by atoms with Gasteiger partial charge < -0.3 is 9.88 Å². The number of hydrogen-bond donors (Lipinski definition) is 1. The van der Waals surface area contributed by atoms with Crippen LogP contribution in [0.5, 0.6) is 0 Å². The van der Waals surface area contributed by atoms with E-state index in [-0.39, 0.29) is 6.04 Å². The summed E-state index contributed by atoms with van der Waals surface area (Å²) in [5, 5.41) is 6.76. The molecule has 5 aromatic carbocycles. The van der Waals surface area contributed by atoms with E-state index in [0.717, 1.165) is 17.7 Å². The Bertz CT molecular complexity index is 2660. The van der Waals surface area contributed by atoms with Crippen LogP contribution < -0.4 is 5.32 Å². The molecule has 2 aromatic heterocycles. The Kier molecular flexibility index (Phi) is 8.96. The van der Waals surface area contributed by atoms with Gasteiger partial charge in [-0.25, -0.2) is 0 Å². The van der Waals surface area contributed by atoms with Crippen LogP contribution in [-0.2, 0) is 5.41 Å². The number of fused-ring (bicyclic) bond motifs is 5. The summed E-state index contributed by atoms with van der Waals surface area (Å²) in [4.78, 5) is 2.43. The van der Waals surface area contributed by atoms with Gasteiger partial charge in [0.15, 0.2) is 0 Å². The van der Waals surface area contributed by atoms with Crippen molar-refractivity contribution >= 4 is 56.6 Å². The van der Waals surface area contributed by atoms with E-state index in [4.69, 9.17) is 0 Å².